The number of rotatable bonds is 3. The third-order valence-corrected chi connectivity index (χ3v) is 3.23. The Balaban J connectivity index is 1.64. The van der Waals surface area contributed by atoms with Crippen molar-refractivity contribution in [2.24, 2.45) is 4.99 Å². The highest BCUT2D eigenvalue weighted by molar-refractivity contribution is 5.79. The van der Waals surface area contributed by atoms with Crippen LogP contribution in [-0.2, 0) is 4.84 Å². The molecule has 1 saturated heterocycles. The monoisotopic (exact) mass is 231 g/mol. The van der Waals surface area contributed by atoms with Crippen LogP contribution in [0.25, 0.3) is 0 Å². The van der Waals surface area contributed by atoms with Gasteiger partial charge in [-0.3, -0.25) is 4.90 Å². The number of aliphatic imine (C=N–C) groups is 1. The molecule has 0 amide bonds. The summed E-state index contributed by atoms with van der Waals surface area (Å²) in [5.41, 5.74) is 4.11. The Morgan fingerprint density at radius 1 is 1.24 bits per heavy atom. The Bertz CT molecular complexity index is 398. The van der Waals surface area contributed by atoms with Crippen LogP contribution in [0.1, 0.15) is 24.6 Å². The first-order chi connectivity index (χ1) is 8.42. The maximum Gasteiger partial charge on any atom is 0.225 e. The average Bonchev–Trinajstić information content (AvgIpc) is 3.02. The van der Waals surface area contributed by atoms with Gasteiger partial charge in [0.15, 0.2) is 6.17 Å². The minimum atomic E-state index is -0.0474. The maximum absolute atomic E-state index is 5.44. The van der Waals surface area contributed by atoms with Crippen molar-refractivity contribution in [3.63, 3.8) is 0 Å². The number of hydroxylamine groups is 1. The zero-order valence-electron chi connectivity index (χ0n) is 9.80. The minimum Gasteiger partial charge on any atom is -0.390 e. The first kappa shape index (κ1) is 10.7. The second-order valence-electron chi connectivity index (χ2n) is 4.54. The SMILES string of the molecule is c1ccc([C@@H]2N=C(CN3CCCC3)ON2)cc1. The zero-order valence-corrected chi connectivity index (χ0v) is 9.80. The van der Waals surface area contributed by atoms with Crippen molar-refractivity contribution in [2.75, 3.05) is 19.6 Å². The molecule has 0 bridgehead atoms. The maximum atomic E-state index is 5.44. The quantitative estimate of drug-likeness (QED) is 0.860. The highest BCUT2D eigenvalue weighted by Gasteiger charge is 2.22. The van der Waals surface area contributed by atoms with Crippen LogP contribution < -0.4 is 5.48 Å². The van der Waals surface area contributed by atoms with E-state index in [2.05, 4.69) is 27.5 Å². The van der Waals surface area contributed by atoms with E-state index < -0.39 is 0 Å². The molecule has 0 spiro atoms. The Morgan fingerprint density at radius 3 is 2.76 bits per heavy atom. The van der Waals surface area contributed by atoms with Gasteiger partial charge in [-0.05, 0) is 31.5 Å². The summed E-state index contributed by atoms with van der Waals surface area (Å²) >= 11 is 0. The number of benzene rings is 1. The molecule has 4 heteroatoms. The fraction of sp³-hybridized carbons (Fsp3) is 0.462. The molecule has 1 atom stereocenters. The van der Waals surface area contributed by atoms with E-state index in [1.807, 2.05) is 18.2 Å². The van der Waals surface area contributed by atoms with E-state index in [9.17, 15) is 0 Å². The van der Waals surface area contributed by atoms with E-state index in [0.29, 0.717) is 0 Å². The number of likely N-dealkylation sites (tertiary alicyclic amines) is 1. The molecule has 3 rings (SSSR count). The number of nitrogens with one attached hydrogen (secondary N) is 1. The predicted octanol–water partition coefficient (Wildman–Crippen LogP) is 1.71. The van der Waals surface area contributed by atoms with Crippen LogP contribution in [0.4, 0.5) is 0 Å². The third-order valence-electron chi connectivity index (χ3n) is 3.23. The number of hydrogen-bond acceptors (Lipinski definition) is 4. The lowest BCUT2D eigenvalue weighted by Gasteiger charge is -2.12. The molecule has 1 fully saturated rings. The van der Waals surface area contributed by atoms with Gasteiger partial charge in [-0.1, -0.05) is 30.3 Å². The van der Waals surface area contributed by atoms with Crippen LogP contribution in [0, 0.1) is 0 Å². The predicted molar refractivity (Wildman–Crippen MR) is 66.5 cm³/mol. The van der Waals surface area contributed by atoms with Gasteiger partial charge in [0.05, 0.1) is 6.54 Å². The smallest absolute Gasteiger partial charge is 0.225 e. The van der Waals surface area contributed by atoms with Crippen molar-refractivity contribution < 1.29 is 4.84 Å². The molecule has 0 aromatic heterocycles. The first-order valence-corrected chi connectivity index (χ1v) is 6.18. The molecule has 1 N–H and O–H groups in total. The van der Waals surface area contributed by atoms with Gasteiger partial charge in [-0.25, -0.2) is 4.99 Å². The zero-order chi connectivity index (χ0) is 11.5. The van der Waals surface area contributed by atoms with Crippen molar-refractivity contribution in [3.8, 4) is 0 Å². The lowest BCUT2D eigenvalue weighted by molar-refractivity contribution is 0.169. The molecule has 2 aliphatic rings. The first-order valence-electron chi connectivity index (χ1n) is 6.18. The summed E-state index contributed by atoms with van der Waals surface area (Å²) in [6.45, 7) is 3.16. The second kappa shape index (κ2) is 4.85. The molecule has 0 aliphatic carbocycles. The van der Waals surface area contributed by atoms with Crippen LogP contribution >= 0.6 is 0 Å². The normalized spacial score (nSPS) is 24.7. The van der Waals surface area contributed by atoms with E-state index in [-0.39, 0.29) is 6.17 Å². The molecule has 0 radical (unpaired) electrons. The number of nitrogens with zero attached hydrogens (tertiary/aromatic N) is 2. The molecule has 4 nitrogen and oxygen atoms in total. The van der Waals surface area contributed by atoms with Crippen LogP contribution in [-0.4, -0.2) is 30.4 Å². The van der Waals surface area contributed by atoms with Crippen LogP contribution in [0.2, 0.25) is 0 Å². The average molecular weight is 231 g/mol. The molecule has 90 valence electrons. The molecule has 0 unspecified atom stereocenters. The lowest BCUT2D eigenvalue weighted by atomic mass is 10.2. The molecule has 2 heterocycles. The van der Waals surface area contributed by atoms with Gasteiger partial charge in [0.1, 0.15) is 0 Å². The van der Waals surface area contributed by atoms with Crippen LogP contribution in [0.3, 0.4) is 0 Å². The summed E-state index contributed by atoms with van der Waals surface area (Å²) in [6, 6.07) is 10.2. The summed E-state index contributed by atoms with van der Waals surface area (Å²) in [5, 5.41) is 0. The van der Waals surface area contributed by atoms with Crippen molar-refractivity contribution in [2.45, 2.75) is 19.0 Å². The van der Waals surface area contributed by atoms with E-state index in [1.54, 1.807) is 0 Å². The van der Waals surface area contributed by atoms with Gasteiger partial charge in [0, 0.05) is 0 Å². The summed E-state index contributed by atoms with van der Waals surface area (Å²) in [5.74, 6) is 0.806. The second-order valence-corrected chi connectivity index (χ2v) is 4.54. The van der Waals surface area contributed by atoms with Crippen molar-refractivity contribution in [1.29, 1.82) is 0 Å². The Hall–Kier alpha value is -1.39. The standard InChI is InChI=1S/C13H17N3O/c1-2-6-11(7-3-1)13-14-12(17-15-13)10-16-8-4-5-9-16/h1-3,6-7,13,15H,4-5,8-10H2/t13-/m1/s1. The molecule has 17 heavy (non-hydrogen) atoms. The van der Waals surface area contributed by atoms with Gasteiger partial charge >= 0.3 is 0 Å². The molecule has 1 aromatic carbocycles. The largest absolute Gasteiger partial charge is 0.390 e. The molecule has 0 saturated carbocycles. The Kier molecular flexibility index (Phi) is 3.07. The minimum absolute atomic E-state index is 0.0474. The van der Waals surface area contributed by atoms with Gasteiger partial charge in [0.2, 0.25) is 5.90 Å². The summed E-state index contributed by atoms with van der Waals surface area (Å²) in [4.78, 5) is 12.4. The van der Waals surface area contributed by atoms with Crippen molar-refractivity contribution in [1.82, 2.24) is 10.4 Å². The fourth-order valence-electron chi connectivity index (χ4n) is 2.30. The van der Waals surface area contributed by atoms with E-state index >= 15 is 0 Å². The Labute approximate surface area is 101 Å². The summed E-state index contributed by atoms with van der Waals surface area (Å²) < 4.78 is 0. The van der Waals surface area contributed by atoms with Crippen molar-refractivity contribution >= 4 is 5.90 Å². The highest BCUT2D eigenvalue weighted by atomic mass is 16.7. The summed E-state index contributed by atoms with van der Waals surface area (Å²) in [7, 11) is 0. The highest BCUT2D eigenvalue weighted by Crippen LogP contribution is 2.19. The van der Waals surface area contributed by atoms with E-state index in [1.165, 1.54) is 25.9 Å². The molecule has 2 aliphatic heterocycles. The molecule has 1 aromatic rings. The summed E-state index contributed by atoms with van der Waals surface area (Å²) in [6.07, 6.45) is 2.54. The molecular weight excluding hydrogens is 214 g/mol. The van der Waals surface area contributed by atoms with Crippen molar-refractivity contribution in [3.05, 3.63) is 35.9 Å². The number of hydrogen-bond donors (Lipinski definition) is 1. The lowest BCUT2D eigenvalue weighted by Crippen LogP contribution is -2.28. The van der Waals surface area contributed by atoms with E-state index in [0.717, 1.165) is 18.0 Å². The third kappa shape index (κ3) is 2.48. The van der Waals surface area contributed by atoms with Gasteiger partial charge < -0.3 is 4.84 Å². The Morgan fingerprint density at radius 2 is 2.00 bits per heavy atom. The van der Waals surface area contributed by atoms with E-state index in [4.69, 9.17) is 4.84 Å². The van der Waals surface area contributed by atoms with Crippen LogP contribution in [0.15, 0.2) is 35.3 Å². The van der Waals surface area contributed by atoms with Gasteiger partial charge in [-0.2, -0.15) is 0 Å². The van der Waals surface area contributed by atoms with Crippen LogP contribution in [0.5, 0.6) is 0 Å². The van der Waals surface area contributed by atoms with Gasteiger partial charge in [-0.15, -0.1) is 5.48 Å². The fourth-order valence-corrected chi connectivity index (χ4v) is 2.30. The topological polar surface area (TPSA) is 36.9 Å². The molecular formula is C13H17N3O. The van der Waals surface area contributed by atoms with Gasteiger partial charge in [0.25, 0.3) is 0 Å².